The van der Waals surface area contributed by atoms with Crippen molar-refractivity contribution in [1.29, 1.82) is 0 Å². The van der Waals surface area contributed by atoms with Crippen LogP contribution in [-0.2, 0) is 12.8 Å². The number of benzene rings is 1. The highest BCUT2D eigenvalue weighted by atomic mass is 16.5. The van der Waals surface area contributed by atoms with E-state index in [4.69, 9.17) is 4.74 Å². The number of hydrogen-bond acceptors (Lipinski definition) is 3. The minimum absolute atomic E-state index is 0.0224. The molecule has 3 nitrogen and oxygen atoms in total. The van der Waals surface area contributed by atoms with Crippen molar-refractivity contribution < 1.29 is 9.84 Å². The zero-order valence-electron chi connectivity index (χ0n) is 12.2. The zero-order valence-corrected chi connectivity index (χ0v) is 12.2. The molecule has 0 aliphatic heterocycles. The van der Waals surface area contributed by atoms with Gasteiger partial charge in [0.2, 0.25) is 0 Å². The summed E-state index contributed by atoms with van der Waals surface area (Å²) in [7, 11) is 0. The highest BCUT2D eigenvalue weighted by Gasteiger charge is 2.14. The fourth-order valence-electron chi connectivity index (χ4n) is 2.31. The van der Waals surface area contributed by atoms with Crippen LogP contribution in [-0.4, -0.2) is 29.9 Å². The van der Waals surface area contributed by atoms with E-state index in [-0.39, 0.29) is 5.54 Å². The van der Waals surface area contributed by atoms with E-state index in [1.165, 1.54) is 24.0 Å². The molecule has 0 saturated carbocycles. The van der Waals surface area contributed by atoms with Gasteiger partial charge in [0.15, 0.2) is 0 Å². The molecule has 106 valence electrons. The molecule has 0 saturated heterocycles. The predicted molar refractivity (Wildman–Crippen MR) is 77.7 cm³/mol. The Labute approximate surface area is 116 Å². The van der Waals surface area contributed by atoms with Crippen LogP contribution >= 0.6 is 0 Å². The molecule has 0 unspecified atom stereocenters. The number of ether oxygens (including phenoxy) is 1. The Balaban J connectivity index is 1.79. The standard InChI is InChI=1S/C16H25NO2/c1-16(2,3)17-10-14(18)11-19-15-8-7-12-5-4-6-13(12)9-15/h7-9,14,17-18H,4-6,10-11H2,1-3H3/t14-/m1/s1. The molecule has 0 bridgehead atoms. The SMILES string of the molecule is CC(C)(C)NC[C@@H](O)COc1ccc2c(c1)CCC2. The second-order valence-corrected chi connectivity index (χ2v) is 6.38. The molecular formula is C16H25NO2. The van der Waals surface area contributed by atoms with Gasteiger partial charge in [-0.15, -0.1) is 0 Å². The Kier molecular flexibility index (Phi) is 4.48. The van der Waals surface area contributed by atoms with Crippen LogP contribution in [0.2, 0.25) is 0 Å². The van der Waals surface area contributed by atoms with Crippen molar-refractivity contribution in [2.45, 2.75) is 51.7 Å². The lowest BCUT2D eigenvalue weighted by atomic mass is 10.1. The molecule has 2 rings (SSSR count). The van der Waals surface area contributed by atoms with Crippen molar-refractivity contribution in [3.05, 3.63) is 29.3 Å². The molecule has 1 aliphatic carbocycles. The van der Waals surface area contributed by atoms with E-state index in [1.54, 1.807) is 0 Å². The van der Waals surface area contributed by atoms with Gasteiger partial charge in [-0.1, -0.05) is 6.07 Å². The van der Waals surface area contributed by atoms with Gasteiger partial charge in [-0.2, -0.15) is 0 Å². The Hall–Kier alpha value is -1.06. The summed E-state index contributed by atoms with van der Waals surface area (Å²) in [5.41, 5.74) is 2.87. The maximum atomic E-state index is 9.88. The van der Waals surface area contributed by atoms with Crippen LogP contribution in [0.1, 0.15) is 38.3 Å². The molecular weight excluding hydrogens is 238 g/mol. The molecule has 1 aromatic rings. The molecule has 3 heteroatoms. The third-order valence-corrected chi connectivity index (χ3v) is 3.38. The summed E-state index contributed by atoms with van der Waals surface area (Å²) in [5.74, 6) is 0.871. The Morgan fingerprint density at radius 3 is 2.74 bits per heavy atom. The number of aryl methyl sites for hydroxylation is 2. The molecule has 0 aromatic heterocycles. The predicted octanol–water partition coefficient (Wildman–Crippen LogP) is 2.30. The van der Waals surface area contributed by atoms with Crippen LogP contribution in [0.4, 0.5) is 0 Å². The summed E-state index contributed by atoms with van der Waals surface area (Å²) in [6, 6.07) is 6.28. The molecule has 0 spiro atoms. The summed E-state index contributed by atoms with van der Waals surface area (Å²) < 4.78 is 5.67. The van der Waals surface area contributed by atoms with E-state index in [0.717, 1.165) is 12.2 Å². The maximum Gasteiger partial charge on any atom is 0.119 e. The van der Waals surface area contributed by atoms with Crippen molar-refractivity contribution in [2.24, 2.45) is 0 Å². The van der Waals surface area contributed by atoms with E-state index in [9.17, 15) is 5.11 Å². The second kappa shape index (κ2) is 5.93. The number of aliphatic hydroxyl groups is 1. The first-order valence-electron chi connectivity index (χ1n) is 7.12. The molecule has 1 aliphatic rings. The summed E-state index contributed by atoms with van der Waals surface area (Å²) in [6.07, 6.45) is 3.11. The normalized spacial score (nSPS) is 16.2. The number of nitrogens with one attached hydrogen (secondary N) is 1. The maximum absolute atomic E-state index is 9.88. The Bertz CT molecular complexity index is 423. The van der Waals surface area contributed by atoms with Crippen LogP contribution in [0.3, 0.4) is 0 Å². The van der Waals surface area contributed by atoms with Gasteiger partial charge in [-0.05, 0) is 63.3 Å². The zero-order chi connectivity index (χ0) is 13.9. The monoisotopic (exact) mass is 263 g/mol. The first kappa shape index (κ1) is 14.4. The van der Waals surface area contributed by atoms with Crippen molar-refractivity contribution in [3.63, 3.8) is 0 Å². The van der Waals surface area contributed by atoms with E-state index in [0.29, 0.717) is 13.2 Å². The number of hydrogen-bond donors (Lipinski definition) is 2. The van der Waals surface area contributed by atoms with Crippen LogP contribution in [0, 0.1) is 0 Å². The van der Waals surface area contributed by atoms with Crippen LogP contribution in [0.5, 0.6) is 5.75 Å². The van der Waals surface area contributed by atoms with Gasteiger partial charge in [0.1, 0.15) is 18.5 Å². The van der Waals surface area contributed by atoms with Gasteiger partial charge in [-0.3, -0.25) is 0 Å². The van der Waals surface area contributed by atoms with Gasteiger partial charge in [0, 0.05) is 12.1 Å². The van der Waals surface area contributed by atoms with E-state index in [2.05, 4.69) is 38.2 Å². The van der Waals surface area contributed by atoms with Gasteiger partial charge >= 0.3 is 0 Å². The number of fused-ring (bicyclic) bond motifs is 1. The average molecular weight is 263 g/mol. The third-order valence-electron chi connectivity index (χ3n) is 3.38. The number of aliphatic hydroxyl groups excluding tert-OH is 1. The summed E-state index contributed by atoms with van der Waals surface area (Å²) >= 11 is 0. The molecule has 0 heterocycles. The van der Waals surface area contributed by atoms with Crippen molar-refractivity contribution in [2.75, 3.05) is 13.2 Å². The van der Waals surface area contributed by atoms with Gasteiger partial charge in [-0.25, -0.2) is 0 Å². The van der Waals surface area contributed by atoms with Crippen molar-refractivity contribution in [1.82, 2.24) is 5.32 Å². The number of rotatable bonds is 5. The van der Waals surface area contributed by atoms with Gasteiger partial charge < -0.3 is 15.2 Å². The third kappa shape index (κ3) is 4.51. The van der Waals surface area contributed by atoms with Crippen LogP contribution in [0.25, 0.3) is 0 Å². The number of β-amino-alcohol motifs (C(OH)–C–C–N with tert-alkyl or cyclic N) is 1. The van der Waals surface area contributed by atoms with Crippen LogP contribution in [0.15, 0.2) is 18.2 Å². The molecule has 0 radical (unpaired) electrons. The molecule has 1 aromatic carbocycles. The fraction of sp³-hybridized carbons (Fsp3) is 0.625. The van der Waals surface area contributed by atoms with Crippen LogP contribution < -0.4 is 10.1 Å². The highest BCUT2D eigenvalue weighted by Crippen LogP contribution is 2.26. The summed E-state index contributed by atoms with van der Waals surface area (Å²) in [4.78, 5) is 0. The summed E-state index contributed by atoms with van der Waals surface area (Å²) in [6.45, 7) is 7.14. The van der Waals surface area contributed by atoms with E-state index >= 15 is 0 Å². The van der Waals surface area contributed by atoms with Gasteiger partial charge in [0.25, 0.3) is 0 Å². The largest absolute Gasteiger partial charge is 0.491 e. The molecule has 1 atom stereocenters. The summed E-state index contributed by atoms with van der Waals surface area (Å²) in [5, 5.41) is 13.1. The molecule has 0 amide bonds. The van der Waals surface area contributed by atoms with Crippen molar-refractivity contribution in [3.8, 4) is 5.75 Å². The van der Waals surface area contributed by atoms with Gasteiger partial charge in [0.05, 0.1) is 0 Å². The highest BCUT2D eigenvalue weighted by molar-refractivity contribution is 5.38. The quantitative estimate of drug-likeness (QED) is 0.856. The first-order valence-corrected chi connectivity index (χ1v) is 7.12. The minimum atomic E-state index is -0.479. The Morgan fingerprint density at radius 1 is 1.26 bits per heavy atom. The van der Waals surface area contributed by atoms with E-state index < -0.39 is 6.10 Å². The first-order chi connectivity index (χ1) is 8.94. The van der Waals surface area contributed by atoms with Crippen molar-refractivity contribution >= 4 is 0 Å². The molecule has 19 heavy (non-hydrogen) atoms. The lowest BCUT2D eigenvalue weighted by Crippen LogP contribution is -2.42. The lowest BCUT2D eigenvalue weighted by Gasteiger charge is -2.23. The smallest absolute Gasteiger partial charge is 0.119 e. The molecule has 2 N–H and O–H groups in total. The minimum Gasteiger partial charge on any atom is -0.491 e. The fourth-order valence-corrected chi connectivity index (χ4v) is 2.31. The molecule has 0 fully saturated rings. The lowest BCUT2D eigenvalue weighted by molar-refractivity contribution is 0.100. The Morgan fingerprint density at radius 2 is 2.00 bits per heavy atom. The topological polar surface area (TPSA) is 41.5 Å². The average Bonchev–Trinajstić information content (AvgIpc) is 2.80. The van der Waals surface area contributed by atoms with E-state index in [1.807, 2.05) is 6.07 Å². The second-order valence-electron chi connectivity index (χ2n) is 6.38.